The number of nitrogen functional groups attached to an aromatic ring is 1. The van der Waals surface area contributed by atoms with Gasteiger partial charge in [-0.2, -0.15) is 0 Å². The molecular formula is C13H15N3O3. The van der Waals surface area contributed by atoms with E-state index in [0.29, 0.717) is 23.1 Å². The number of aliphatic hydroxyl groups excluding tert-OH is 1. The summed E-state index contributed by atoms with van der Waals surface area (Å²) < 4.78 is 10.9. The van der Waals surface area contributed by atoms with Crippen LogP contribution >= 0.6 is 0 Å². The Hall–Kier alpha value is -2.31. The summed E-state index contributed by atoms with van der Waals surface area (Å²) in [6.07, 6.45) is 1.58. The second-order valence-corrected chi connectivity index (χ2v) is 3.77. The van der Waals surface area contributed by atoms with Gasteiger partial charge in [0.15, 0.2) is 11.5 Å². The molecular weight excluding hydrogens is 246 g/mol. The zero-order valence-electron chi connectivity index (χ0n) is 10.5. The lowest BCUT2D eigenvalue weighted by molar-refractivity contribution is 0.280. The van der Waals surface area contributed by atoms with Gasteiger partial charge < -0.3 is 20.0 Å². The van der Waals surface area contributed by atoms with E-state index in [-0.39, 0.29) is 6.61 Å². The average molecular weight is 261 g/mol. The van der Waals surface area contributed by atoms with E-state index in [2.05, 4.69) is 10.4 Å². The van der Waals surface area contributed by atoms with Crippen LogP contribution in [0.15, 0.2) is 36.5 Å². The standard InChI is InChI=1S/C13H15N3O3/c1-18-12-6-9(8-17)2-3-11(12)19-10-4-5-15-13(7-10)16-14/h2-7,17H,8,14H2,1H3,(H,15,16). The van der Waals surface area contributed by atoms with Gasteiger partial charge >= 0.3 is 0 Å². The molecule has 6 nitrogen and oxygen atoms in total. The maximum atomic E-state index is 9.08. The average Bonchev–Trinajstić information content (AvgIpc) is 2.48. The van der Waals surface area contributed by atoms with Gasteiger partial charge in [-0.1, -0.05) is 6.07 Å². The number of hydrazine groups is 1. The smallest absolute Gasteiger partial charge is 0.169 e. The Kier molecular flexibility index (Phi) is 4.17. The van der Waals surface area contributed by atoms with Crippen LogP contribution in [0.25, 0.3) is 0 Å². The summed E-state index contributed by atoms with van der Waals surface area (Å²) in [5, 5.41) is 9.08. The Morgan fingerprint density at radius 2 is 2.11 bits per heavy atom. The maximum Gasteiger partial charge on any atom is 0.169 e. The molecule has 1 aromatic carbocycles. The van der Waals surface area contributed by atoms with Crippen molar-refractivity contribution < 1.29 is 14.6 Å². The molecule has 0 atom stereocenters. The van der Waals surface area contributed by atoms with E-state index in [9.17, 15) is 0 Å². The molecule has 2 rings (SSSR count). The van der Waals surface area contributed by atoms with Gasteiger partial charge in [0.25, 0.3) is 0 Å². The summed E-state index contributed by atoms with van der Waals surface area (Å²) >= 11 is 0. The van der Waals surface area contributed by atoms with Crippen LogP contribution in [0.4, 0.5) is 5.82 Å². The number of hydrogen-bond donors (Lipinski definition) is 3. The number of nitrogens with one attached hydrogen (secondary N) is 1. The molecule has 4 N–H and O–H groups in total. The van der Waals surface area contributed by atoms with E-state index in [1.54, 1.807) is 43.6 Å². The highest BCUT2D eigenvalue weighted by Crippen LogP contribution is 2.32. The normalized spacial score (nSPS) is 10.1. The Labute approximate surface area is 110 Å². The molecule has 0 aliphatic rings. The molecule has 0 spiro atoms. The van der Waals surface area contributed by atoms with Crippen molar-refractivity contribution in [2.24, 2.45) is 5.84 Å². The fourth-order valence-corrected chi connectivity index (χ4v) is 1.58. The molecule has 0 aliphatic carbocycles. The van der Waals surface area contributed by atoms with E-state index < -0.39 is 0 Å². The van der Waals surface area contributed by atoms with Crippen molar-refractivity contribution in [3.05, 3.63) is 42.1 Å². The number of rotatable bonds is 5. The van der Waals surface area contributed by atoms with Gasteiger partial charge in [-0.05, 0) is 23.8 Å². The zero-order valence-corrected chi connectivity index (χ0v) is 10.5. The monoisotopic (exact) mass is 261 g/mol. The summed E-state index contributed by atoms with van der Waals surface area (Å²) in [6.45, 7) is -0.0485. The van der Waals surface area contributed by atoms with Crippen LogP contribution in [-0.2, 0) is 6.61 Å². The van der Waals surface area contributed by atoms with Crippen LogP contribution in [-0.4, -0.2) is 17.2 Å². The lowest BCUT2D eigenvalue weighted by Crippen LogP contribution is -2.08. The first-order chi connectivity index (χ1) is 9.26. The fourth-order valence-electron chi connectivity index (χ4n) is 1.58. The van der Waals surface area contributed by atoms with Crippen LogP contribution in [0.5, 0.6) is 17.2 Å². The Morgan fingerprint density at radius 1 is 1.26 bits per heavy atom. The molecule has 0 unspecified atom stereocenters. The highest BCUT2D eigenvalue weighted by atomic mass is 16.5. The number of aliphatic hydroxyl groups is 1. The zero-order chi connectivity index (χ0) is 13.7. The number of benzene rings is 1. The number of methoxy groups -OCH3 is 1. The van der Waals surface area contributed by atoms with Crippen molar-refractivity contribution in [3.8, 4) is 17.2 Å². The molecule has 0 bridgehead atoms. The lowest BCUT2D eigenvalue weighted by atomic mass is 10.2. The van der Waals surface area contributed by atoms with Gasteiger partial charge in [0, 0.05) is 12.3 Å². The SMILES string of the molecule is COc1cc(CO)ccc1Oc1ccnc(NN)c1. The second kappa shape index (κ2) is 6.03. The molecule has 0 saturated heterocycles. The van der Waals surface area contributed by atoms with Crippen LogP contribution in [0.3, 0.4) is 0 Å². The third-order valence-corrected chi connectivity index (χ3v) is 2.52. The van der Waals surface area contributed by atoms with E-state index >= 15 is 0 Å². The van der Waals surface area contributed by atoms with Crippen LogP contribution in [0, 0.1) is 0 Å². The van der Waals surface area contributed by atoms with Crippen molar-refractivity contribution in [1.29, 1.82) is 0 Å². The molecule has 0 radical (unpaired) electrons. The Balaban J connectivity index is 2.26. The molecule has 0 amide bonds. The van der Waals surface area contributed by atoms with Gasteiger partial charge in [0.2, 0.25) is 0 Å². The number of nitrogens with zero attached hydrogens (tertiary/aromatic N) is 1. The number of ether oxygens (including phenoxy) is 2. The molecule has 19 heavy (non-hydrogen) atoms. The first kappa shape index (κ1) is 13.1. The molecule has 0 saturated carbocycles. The number of hydrogen-bond acceptors (Lipinski definition) is 6. The molecule has 1 aromatic heterocycles. The highest BCUT2D eigenvalue weighted by molar-refractivity contribution is 5.47. The maximum absolute atomic E-state index is 9.08. The summed E-state index contributed by atoms with van der Waals surface area (Å²) in [5.74, 6) is 7.47. The van der Waals surface area contributed by atoms with Gasteiger partial charge in [0.1, 0.15) is 11.6 Å². The number of pyridine rings is 1. The van der Waals surface area contributed by atoms with E-state index in [1.807, 2.05) is 0 Å². The molecule has 100 valence electrons. The quantitative estimate of drug-likeness (QED) is 0.560. The Bertz CT molecular complexity index is 561. The van der Waals surface area contributed by atoms with Crippen molar-refractivity contribution in [2.75, 3.05) is 12.5 Å². The summed E-state index contributed by atoms with van der Waals surface area (Å²) in [7, 11) is 1.54. The largest absolute Gasteiger partial charge is 0.493 e. The minimum absolute atomic E-state index is 0.0485. The third kappa shape index (κ3) is 3.12. The van der Waals surface area contributed by atoms with E-state index in [1.165, 1.54) is 0 Å². The van der Waals surface area contributed by atoms with Gasteiger partial charge in [-0.25, -0.2) is 10.8 Å². The first-order valence-corrected chi connectivity index (χ1v) is 5.65. The second-order valence-electron chi connectivity index (χ2n) is 3.77. The molecule has 1 heterocycles. The highest BCUT2D eigenvalue weighted by Gasteiger charge is 2.07. The van der Waals surface area contributed by atoms with Gasteiger partial charge in [-0.3, -0.25) is 0 Å². The van der Waals surface area contributed by atoms with Crippen molar-refractivity contribution >= 4 is 5.82 Å². The van der Waals surface area contributed by atoms with E-state index in [0.717, 1.165) is 5.56 Å². The lowest BCUT2D eigenvalue weighted by Gasteiger charge is -2.11. The van der Waals surface area contributed by atoms with Crippen molar-refractivity contribution in [2.45, 2.75) is 6.61 Å². The minimum atomic E-state index is -0.0485. The summed E-state index contributed by atoms with van der Waals surface area (Å²) in [4.78, 5) is 3.99. The molecule has 2 aromatic rings. The van der Waals surface area contributed by atoms with Crippen LogP contribution in [0.1, 0.15) is 5.56 Å². The minimum Gasteiger partial charge on any atom is -0.493 e. The van der Waals surface area contributed by atoms with Crippen molar-refractivity contribution in [3.63, 3.8) is 0 Å². The summed E-state index contributed by atoms with van der Waals surface area (Å²) in [6, 6.07) is 8.60. The predicted octanol–water partition coefficient (Wildman–Crippen LogP) is 1.66. The van der Waals surface area contributed by atoms with Crippen LogP contribution < -0.4 is 20.7 Å². The Morgan fingerprint density at radius 3 is 2.79 bits per heavy atom. The number of nitrogens with two attached hydrogens (primary N) is 1. The van der Waals surface area contributed by atoms with Gasteiger partial charge in [-0.15, -0.1) is 0 Å². The first-order valence-electron chi connectivity index (χ1n) is 5.65. The summed E-state index contributed by atoms with van der Waals surface area (Å²) in [5.41, 5.74) is 3.20. The van der Waals surface area contributed by atoms with Gasteiger partial charge in [0.05, 0.1) is 13.7 Å². The third-order valence-electron chi connectivity index (χ3n) is 2.52. The molecule has 6 heteroatoms. The van der Waals surface area contributed by atoms with E-state index in [4.69, 9.17) is 20.4 Å². The van der Waals surface area contributed by atoms with Crippen molar-refractivity contribution in [1.82, 2.24) is 4.98 Å². The topological polar surface area (TPSA) is 89.6 Å². The van der Waals surface area contributed by atoms with Crippen LogP contribution in [0.2, 0.25) is 0 Å². The molecule has 0 fully saturated rings. The fraction of sp³-hybridized carbons (Fsp3) is 0.154. The molecule has 0 aliphatic heterocycles. The predicted molar refractivity (Wildman–Crippen MR) is 71.0 cm³/mol. The number of aromatic nitrogens is 1. The number of anilines is 1.